The maximum Gasteiger partial charge on any atom is 0.144 e. The lowest BCUT2D eigenvalue weighted by atomic mass is 9.91. The Morgan fingerprint density at radius 3 is 2.67 bits per heavy atom. The van der Waals surface area contributed by atoms with Crippen molar-refractivity contribution in [3.63, 3.8) is 0 Å². The van der Waals surface area contributed by atoms with Crippen LogP contribution in [0.5, 0.6) is 0 Å². The normalized spacial score (nSPS) is 35.3. The van der Waals surface area contributed by atoms with Gasteiger partial charge in [-0.2, -0.15) is 4.18 Å². The van der Waals surface area contributed by atoms with E-state index < -0.39 is 0 Å². The van der Waals surface area contributed by atoms with Gasteiger partial charge in [-0.15, -0.1) is 0 Å². The summed E-state index contributed by atoms with van der Waals surface area (Å²) in [5.74, 6) is 4.06. The number of allylic oxidation sites excluding steroid dienone is 2. The Kier molecular flexibility index (Phi) is 3.78. The fourth-order valence-corrected chi connectivity index (χ4v) is 4.31. The highest BCUT2D eigenvalue weighted by Gasteiger charge is 2.36. The Morgan fingerprint density at radius 1 is 1.33 bits per heavy atom. The van der Waals surface area contributed by atoms with Gasteiger partial charge in [0.25, 0.3) is 0 Å². The predicted molar refractivity (Wildman–Crippen MR) is 67.8 cm³/mol. The zero-order chi connectivity index (χ0) is 10.8. The van der Waals surface area contributed by atoms with E-state index in [4.69, 9.17) is 4.18 Å². The molecule has 2 heteroatoms. The molecule has 0 saturated heterocycles. The van der Waals surface area contributed by atoms with Crippen molar-refractivity contribution < 1.29 is 4.18 Å². The maximum atomic E-state index is 5.80. The van der Waals surface area contributed by atoms with Gasteiger partial charge in [-0.05, 0) is 50.9 Å². The summed E-state index contributed by atoms with van der Waals surface area (Å²) >= 11 is 0.178. The van der Waals surface area contributed by atoms with Crippen molar-refractivity contribution in [1.82, 2.24) is 0 Å². The molecule has 2 rings (SSSR count). The van der Waals surface area contributed by atoms with E-state index >= 15 is 0 Å². The first-order valence-corrected chi connectivity index (χ1v) is 7.86. The van der Waals surface area contributed by atoms with E-state index in [9.17, 15) is 0 Å². The Morgan fingerprint density at radius 2 is 2.13 bits per heavy atom. The molecular weight excluding hydrogens is 204 g/mol. The third-order valence-corrected chi connectivity index (χ3v) is 5.07. The van der Waals surface area contributed by atoms with Crippen LogP contribution in [-0.2, 0) is 15.4 Å². The van der Waals surface area contributed by atoms with Gasteiger partial charge in [0.15, 0.2) is 0 Å². The van der Waals surface area contributed by atoms with Crippen molar-refractivity contribution in [3.05, 3.63) is 12.2 Å². The summed E-state index contributed by atoms with van der Waals surface area (Å²) in [7, 11) is 0. The van der Waals surface area contributed by atoms with Crippen LogP contribution in [0.1, 0.15) is 33.1 Å². The largest absolute Gasteiger partial charge is 0.172 e. The molecule has 4 atom stereocenters. The van der Waals surface area contributed by atoms with Crippen molar-refractivity contribution in [2.75, 3.05) is 12.0 Å². The van der Waals surface area contributed by atoms with E-state index in [0.717, 1.165) is 17.8 Å². The van der Waals surface area contributed by atoms with Crippen LogP contribution in [0.2, 0.25) is 0 Å². The smallest absolute Gasteiger partial charge is 0.144 e. The molecule has 2 aliphatic rings. The Labute approximate surface area is 96.8 Å². The van der Waals surface area contributed by atoms with Gasteiger partial charge in [-0.1, -0.05) is 12.2 Å². The third kappa shape index (κ3) is 3.01. The van der Waals surface area contributed by atoms with E-state index in [-0.39, 0.29) is 11.2 Å². The van der Waals surface area contributed by atoms with Crippen LogP contribution in [0.15, 0.2) is 12.2 Å². The summed E-state index contributed by atoms with van der Waals surface area (Å²) in [6.07, 6.45) is 11.8. The van der Waals surface area contributed by atoms with Crippen LogP contribution in [0, 0.1) is 17.8 Å². The van der Waals surface area contributed by atoms with Crippen LogP contribution >= 0.6 is 0 Å². The maximum absolute atomic E-state index is 5.80. The minimum Gasteiger partial charge on any atom is -0.172 e. The van der Waals surface area contributed by atoms with Crippen LogP contribution in [0.4, 0.5) is 0 Å². The van der Waals surface area contributed by atoms with Gasteiger partial charge < -0.3 is 0 Å². The number of fused-ring (bicyclic) bond motifs is 2. The molecule has 15 heavy (non-hydrogen) atoms. The standard InChI is InChI=1S/C13H23OS/c1-10(2)14-15(3)7-6-13-9-11-4-5-12(13)8-11/h4-5,10-13H,6-9H2,1-3H3/q+1. The first kappa shape index (κ1) is 11.5. The highest BCUT2D eigenvalue weighted by atomic mass is 32.2. The molecule has 0 heterocycles. The summed E-state index contributed by atoms with van der Waals surface area (Å²) in [4.78, 5) is 0. The minimum absolute atomic E-state index is 0.178. The molecule has 0 aromatic carbocycles. The first-order chi connectivity index (χ1) is 7.15. The monoisotopic (exact) mass is 227 g/mol. The Hall–Kier alpha value is 0.0500. The predicted octanol–water partition coefficient (Wildman–Crippen LogP) is 3.18. The molecule has 0 aromatic rings. The summed E-state index contributed by atoms with van der Waals surface area (Å²) < 4.78 is 5.80. The molecule has 0 N–H and O–H groups in total. The van der Waals surface area contributed by atoms with Crippen LogP contribution in [0.3, 0.4) is 0 Å². The molecular formula is C13H23OS+. The molecule has 0 aliphatic heterocycles. The second kappa shape index (κ2) is 4.92. The average Bonchev–Trinajstić information content (AvgIpc) is 2.74. The molecule has 1 nitrogen and oxygen atoms in total. The molecule has 86 valence electrons. The molecule has 1 fully saturated rings. The Bertz CT molecular complexity index is 237. The third-order valence-electron chi connectivity index (χ3n) is 3.55. The van der Waals surface area contributed by atoms with Crippen molar-refractivity contribution >= 4 is 11.2 Å². The fraction of sp³-hybridized carbons (Fsp3) is 0.846. The van der Waals surface area contributed by atoms with E-state index in [0.29, 0.717) is 6.10 Å². The van der Waals surface area contributed by atoms with Gasteiger partial charge in [0.2, 0.25) is 0 Å². The molecule has 2 aliphatic carbocycles. The van der Waals surface area contributed by atoms with Gasteiger partial charge in [-0.3, -0.25) is 0 Å². The highest BCUT2D eigenvalue weighted by molar-refractivity contribution is 7.91. The summed E-state index contributed by atoms with van der Waals surface area (Å²) in [5.41, 5.74) is 0. The van der Waals surface area contributed by atoms with Crippen molar-refractivity contribution in [2.45, 2.75) is 39.2 Å². The van der Waals surface area contributed by atoms with Crippen LogP contribution < -0.4 is 0 Å². The lowest BCUT2D eigenvalue weighted by molar-refractivity contribution is 0.278. The second-order valence-corrected chi connectivity index (χ2v) is 7.00. The molecule has 0 spiro atoms. The fourth-order valence-electron chi connectivity index (χ4n) is 2.92. The number of rotatable bonds is 5. The second-order valence-electron chi connectivity index (χ2n) is 5.25. The summed E-state index contributed by atoms with van der Waals surface area (Å²) in [6.45, 7) is 4.26. The highest BCUT2D eigenvalue weighted by Crippen LogP contribution is 2.44. The van der Waals surface area contributed by atoms with E-state index in [1.54, 1.807) is 0 Å². The first-order valence-electron chi connectivity index (χ1n) is 6.13. The van der Waals surface area contributed by atoms with Gasteiger partial charge in [0.05, 0.1) is 0 Å². The number of hydrogen-bond acceptors (Lipinski definition) is 1. The van der Waals surface area contributed by atoms with E-state index in [2.05, 4.69) is 32.3 Å². The Balaban J connectivity index is 1.68. The van der Waals surface area contributed by atoms with Gasteiger partial charge in [0.1, 0.15) is 29.3 Å². The lowest BCUT2D eigenvalue weighted by Crippen LogP contribution is -2.18. The average molecular weight is 227 g/mol. The quantitative estimate of drug-likeness (QED) is 0.518. The summed E-state index contributed by atoms with van der Waals surface area (Å²) in [6, 6.07) is 0. The van der Waals surface area contributed by atoms with E-state index in [1.807, 2.05) is 0 Å². The molecule has 2 bridgehead atoms. The van der Waals surface area contributed by atoms with Crippen molar-refractivity contribution in [3.8, 4) is 0 Å². The molecule has 1 saturated carbocycles. The molecule has 0 radical (unpaired) electrons. The van der Waals surface area contributed by atoms with Crippen LogP contribution in [-0.4, -0.2) is 18.1 Å². The van der Waals surface area contributed by atoms with Crippen LogP contribution in [0.25, 0.3) is 0 Å². The summed E-state index contributed by atoms with van der Waals surface area (Å²) in [5, 5.41) is 0. The molecule has 4 unspecified atom stereocenters. The SMILES string of the molecule is CC(C)O[S+](C)CCC1CC2C=CC1C2. The van der Waals surface area contributed by atoms with Gasteiger partial charge in [0, 0.05) is 0 Å². The van der Waals surface area contributed by atoms with E-state index in [1.165, 1.54) is 25.0 Å². The molecule has 0 aromatic heterocycles. The number of hydrogen-bond donors (Lipinski definition) is 0. The van der Waals surface area contributed by atoms with Crippen molar-refractivity contribution in [1.29, 1.82) is 0 Å². The van der Waals surface area contributed by atoms with Gasteiger partial charge >= 0.3 is 0 Å². The minimum atomic E-state index is 0.178. The zero-order valence-electron chi connectivity index (χ0n) is 10.1. The van der Waals surface area contributed by atoms with Crippen molar-refractivity contribution in [2.24, 2.45) is 17.8 Å². The lowest BCUT2D eigenvalue weighted by Gasteiger charge is -2.16. The molecule has 0 amide bonds. The topological polar surface area (TPSA) is 9.23 Å². The van der Waals surface area contributed by atoms with Gasteiger partial charge in [-0.25, -0.2) is 0 Å². The zero-order valence-corrected chi connectivity index (χ0v) is 10.9.